The first-order valence-corrected chi connectivity index (χ1v) is 4.59. The number of phenols is 1. The molecule has 14 heavy (non-hydrogen) atoms. The van der Waals surface area contributed by atoms with Crippen LogP contribution in [0.1, 0.15) is 26.3 Å². The van der Waals surface area contributed by atoms with Gasteiger partial charge in [-0.25, -0.2) is 0 Å². The lowest BCUT2D eigenvalue weighted by Crippen LogP contribution is -2.10. The Kier molecular flexibility index (Phi) is 2.89. The van der Waals surface area contributed by atoms with Crippen molar-refractivity contribution in [3.63, 3.8) is 0 Å². The van der Waals surface area contributed by atoms with Gasteiger partial charge in [0, 0.05) is 12.6 Å². The highest BCUT2D eigenvalue weighted by Crippen LogP contribution is 2.37. The second kappa shape index (κ2) is 3.78. The van der Waals surface area contributed by atoms with E-state index in [0.29, 0.717) is 5.69 Å². The van der Waals surface area contributed by atoms with Gasteiger partial charge in [0.25, 0.3) is 0 Å². The SMILES string of the molecule is CN=Nc1cccc(C(C)(C)C)c1O. The van der Waals surface area contributed by atoms with Crippen molar-refractivity contribution in [2.45, 2.75) is 26.2 Å². The first kappa shape index (κ1) is 10.7. The fourth-order valence-corrected chi connectivity index (χ4v) is 1.32. The van der Waals surface area contributed by atoms with Gasteiger partial charge in [0.2, 0.25) is 0 Å². The van der Waals surface area contributed by atoms with Gasteiger partial charge in [-0.05, 0) is 11.5 Å². The number of benzene rings is 1. The topological polar surface area (TPSA) is 45.0 Å². The van der Waals surface area contributed by atoms with E-state index < -0.39 is 0 Å². The molecule has 0 aliphatic carbocycles. The molecular formula is C11H16N2O. The van der Waals surface area contributed by atoms with Crippen molar-refractivity contribution < 1.29 is 5.11 Å². The molecule has 0 aliphatic heterocycles. The molecule has 0 heterocycles. The Balaban J connectivity index is 3.28. The average Bonchev–Trinajstić information content (AvgIpc) is 2.07. The van der Waals surface area contributed by atoms with E-state index in [1.807, 2.05) is 12.1 Å². The highest BCUT2D eigenvalue weighted by atomic mass is 16.3. The molecule has 0 atom stereocenters. The van der Waals surface area contributed by atoms with Gasteiger partial charge >= 0.3 is 0 Å². The fourth-order valence-electron chi connectivity index (χ4n) is 1.32. The summed E-state index contributed by atoms with van der Waals surface area (Å²) in [6, 6.07) is 5.53. The Hall–Kier alpha value is -1.38. The van der Waals surface area contributed by atoms with Crippen LogP contribution in [-0.2, 0) is 5.41 Å². The lowest BCUT2D eigenvalue weighted by molar-refractivity contribution is 0.448. The van der Waals surface area contributed by atoms with Crippen LogP contribution in [0.5, 0.6) is 5.75 Å². The normalized spacial score (nSPS) is 12.3. The van der Waals surface area contributed by atoms with E-state index in [9.17, 15) is 5.11 Å². The third-order valence-corrected chi connectivity index (χ3v) is 2.03. The number of nitrogens with zero attached hydrogens (tertiary/aromatic N) is 2. The molecule has 0 spiro atoms. The van der Waals surface area contributed by atoms with Crippen molar-refractivity contribution in [2.75, 3.05) is 7.05 Å². The van der Waals surface area contributed by atoms with Crippen LogP contribution in [0.2, 0.25) is 0 Å². The summed E-state index contributed by atoms with van der Waals surface area (Å²) < 4.78 is 0. The van der Waals surface area contributed by atoms with Crippen molar-refractivity contribution in [2.24, 2.45) is 10.2 Å². The molecule has 1 aromatic carbocycles. The molecule has 0 amide bonds. The summed E-state index contributed by atoms with van der Waals surface area (Å²) in [5, 5.41) is 17.4. The van der Waals surface area contributed by atoms with E-state index in [1.165, 1.54) is 0 Å². The average molecular weight is 192 g/mol. The summed E-state index contributed by atoms with van der Waals surface area (Å²) in [5.41, 5.74) is 1.34. The molecule has 1 rings (SSSR count). The van der Waals surface area contributed by atoms with Gasteiger partial charge in [-0.15, -0.1) is 0 Å². The quantitative estimate of drug-likeness (QED) is 0.681. The van der Waals surface area contributed by atoms with Gasteiger partial charge in [0.15, 0.2) is 0 Å². The highest BCUT2D eigenvalue weighted by Gasteiger charge is 2.19. The predicted molar refractivity (Wildman–Crippen MR) is 57.2 cm³/mol. The Morgan fingerprint density at radius 3 is 2.36 bits per heavy atom. The number of hydrogen-bond acceptors (Lipinski definition) is 3. The van der Waals surface area contributed by atoms with Crippen LogP contribution in [0.15, 0.2) is 28.4 Å². The molecule has 0 saturated carbocycles. The fraction of sp³-hybridized carbons (Fsp3) is 0.455. The first-order valence-electron chi connectivity index (χ1n) is 4.59. The van der Waals surface area contributed by atoms with E-state index in [-0.39, 0.29) is 11.2 Å². The van der Waals surface area contributed by atoms with Crippen LogP contribution >= 0.6 is 0 Å². The predicted octanol–water partition coefficient (Wildman–Crippen LogP) is 3.40. The van der Waals surface area contributed by atoms with Crippen LogP contribution in [0.4, 0.5) is 5.69 Å². The maximum Gasteiger partial charge on any atom is 0.146 e. The van der Waals surface area contributed by atoms with Gasteiger partial charge < -0.3 is 5.11 Å². The number of para-hydroxylation sites is 1. The van der Waals surface area contributed by atoms with Gasteiger partial charge in [0.1, 0.15) is 11.4 Å². The summed E-state index contributed by atoms with van der Waals surface area (Å²) in [6.07, 6.45) is 0. The molecule has 0 aromatic heterocycles. The molecule has 0 bridgehead atoms. The van der Waals surface area contributed by atoms with Gasteiger partial charge in [-0.2, -0.15) is 10.2 Å². The van der Waals surface area contributed by atoms with E-state index in [1.54, 1.807) is 13.1 Å². The Labute approximate surface area is 84.5 Å². The standard InChI is InChI=1S/C11H16N2O/c1-11(2,3)8-6-5-7-9(10(8)14)13-12-4/h5-7,14H,1-4H3. The van der Waals surface area contributed by atoms with Crippen molar-refractivity contribution >= 4 is 5.69 Å². The molecule has 1 aromatic rings. The van der Waals surface area contributed by atoms with Crippen molar-refractivity contribution in [1.82, 2.24) is 0 Å². The first-order chi connectivity index (χ1) is 6.46. The number of hydrogen-bond donors (Lipinski definition) is 1. The Morgan fingerprint density at radius 2 is 1.86 bits per heavy atom. The molecule has 0 fully saturated rings. The Morgan fingerprint density at radius 1 is 1.21 bits per heavy atom. The summed E-state index contributed by atoms with van der Waals surface area (Å²) in [5.74, 6) is 0.227. The summed E-state index contributed by atoms with van der Waals surface area (Å²) in [6.45, 7) is 6.15. The molecule has 0 unspecified atom stereocenters. The molecule has 3 heteroatoms. The molecule has 0 aliphatic rings. The third kappa shape index (κ3) is 2.10. The van der Waals surface area contributed by atoms with E-state index >= 15 is 0 Å². The van der Waals surface area contributed by atoms with E-state index in [0.717, 1.165) is 5.56 Å². The zero-order valence-electron chi connectivity index (χ0n) is 9.07. The van der Waals surface area contributed by atoms with Gasteiger partial charge in [-0.1, -0.05) is 32.9 Å². The van der Waals surface area contributed by atoms with Crippen molar-refractivity contribution in [3.05, 3.63) is 23.8 Å². The van der Waals surface area contributed by atoms with E-state index in [2.05, 4.69) is 31.0 Å². The van der Waals surface area contributed by atoms with Gasteiger partial charge in [0.05, 0.1) is 0 Å². The zero-order chi connectivity index (χ0) is 10.8. The highest BCUT2D eigenvalue weighted by molar-refractivity contribution is 5.56. The van der Waals surface area contributed by atoms with Crippen LogP contribution in [0.25, 0.3) is 0 Å². The van der Waals surface area contributed by atoms with Crippen LogP contribution in [0.3, 0.4) is 0 Å². The molecule has 76 valence electrons. The number of phenolic OH excluding ortho intramolecular Hbond substituents is 1. The molecular weight excluding hydrogens is 176 g/mol. The molecule has 0 radical (unpaired) electrons. The smallest absolute Gasteiger partial charge is 0.146 e. The second-order valence-corrected chi connectivity index (χ2v) is 4.22. The number of rotatable bonds is 1. The van der Waals surface area contributed by atoms with Crippen molar-refractivity contribution in [3.8, 4) is 5.75 Å². The minimum absolute atomic E-state index is 0.0800. The van der Waals surface area contributed by atoms with Crippen LogP contribution in [-0.4, -0.2) is 12.2 Å². The minimum atomic E-state index is -0.0800. The summed E-state index contributed by atoms with van der Waals surface area (Å²) in [7, 11) is 1.59. The largest absolute Gasteiger partial charge is 0.505 e. The van der Waals surface area contributed by atoms with Crippen LogP contribution in [0, 0.1) is 0 Å². The van der Waals surface area contributed by atoms with Crippen LogP contribution < -0.4 is 0 Å². The zero-order valence-corrected chi connectivity index (χ0v) is 9.07. The summed E-state index contributed by atoms with van der Waals surface area (Å²) >= 11 is 0. The number of azo groups is 1. The molecule has 1 N–H and O–H groups in total. The maximum absolute atomic E-state index is 9.90. The Bertz CT molecular complexity index is 351. The summed E-state index contributed by atoms with van der Waals surface area (Å²) in [4.78, 5) is 0. The van der Waals surface area contributed by atoms with Crippen molar-refractivity contribution in [1.29, 1.82) is 0 Å². The second-order valence-electron chi connectivity index (χ2n) is 4.22. The maximum atomic E-state index is 9.90. The monoisotopic (exact) mass is 192 g/mol. The lowest BCUT2D eigenvalue weighted by atomic mass is 9.86. The van der Waals surface area contributed by atoms with Gasteiger partial charge in [-0.3, -0.25) is 0 Å². The molecule has 3 nitrogen and oxygen atoms in total. The van der Waals surface area contributed by atoms with E-state index in [4.69, 9.17) is 0 Å². The number of aromatic hydroxyl groups is 1. The minimum Gasteiger partial charge on any atom is -0.505 e. The molecule has 0 saturated heterocycles. The third-order valence-electron chi connectivity index (χ3n) is 2.03. The lowest BCUT2D eigenvalue weighted by Gasteiger charge is -2.20.